The summed E-state index contributed by atoms with van der Waals surface area (Å²) in [6.07, 6.45) is 10.6. The van der Waals surface area contributed by atoms with E-state index in [4.69, 9.17) is 98.7 Å². The number of amides is 2. The van der Waals surface area contributed by atoms with Crippen molar-refractivity contribution in [1.82, 2.24) is 40.9 Å². The first kappa shape index (κ1) is 129. The Kier molecular flexibility index (Phi) is 51.4. The Morgan fingerprint density at radius 1 is 0.366 bits per heavy atom. The number of hydrogen-bond acceptors (Lipinski definition) is 38. The van der Waals surface area contributed by atoms with Crippen molar-refractivity contribution in [3.05, 3.63) is 12.7 Å². The third-order valence-electron chi connectivity index (χ3n) is 22.3. The summed E-state index contributed by atoms with van der Waals surface area (Å²) < 4.78 is 0. The summed E-state index contributed by atoms with van der Waals surface area (Å²) in [6.45, 7) is 72.9. The van der Waals surface area contributed by atoms with Crippen molar-refractivity contribution < 1.29 is 24.8 Å². The Morgan fingerprint density at radius 2 is 0.570 bits per heavy atom. The van der Waals surface area contributed by atoms with Gasteiger partial charge in [0, 0.05) is 78.5 Å². The Hall–Kier alpha value is -12.5. The number of likely N-dealkylation sites (tertiary alicyclic amines) is 4. The van der Waals surface area contributed by atoms with E-state index in [1.807, 2.05) is 117 Å². The average molecular weight is 1990 g/mol. The molecule has 4 saturated heterocycles. The van der Waals surface area contributed by atoms with Crippen LogP contribution in [-0.4, -0.2) is 325 Å². The predicted molar refractivity (Wildman–Crippen MR) is 568 cm³/mol. The third kappa shape index (κ3) is 46.5. The summed E-state index contributed by atoms with van der Waals surface area (Å²) in [5, 5.41) is 173. The number of aliphatic carboxylic acids is 1. The maximum atomic E-state index is 10.4. The molecule has 51 nitrogen and oxygen atoms in total. The minimum atomic E-state index is -0.963. The maximum absolute atomic E-state index is 10.4. The average Bonchev–Trinajstić information content (AvgIpc) is 1.86. The summed E-state index contributed by atoms with van der Waals surface area (Å²) in [5.41, 5.74) is 26.9. The van der Waals surface area contributed by atoms with E-state index >= 15 is 0 Å². The number of carboxylic acid groups (broad SMARTS) is 1. The summed E-state index contributed by atoms with van der Waals surface area (Å²) in [6, 6.07) is 0.943. The molecular formula is C91H176N46O5. The lowest BCUT2D eigenvalue weighted by atomic mass is 10.0. The molecule has 0 aromatic heterocycles. The van der Waals surface area contributed by atoms with E-state index in [-0.39, 0.29) is 54.6 Å². The molecule has 8 aliphatic rings. The highest BCUT2D eigenvalue weighted by atomic mass is 17.1. The van der Waals surface area contributed by atoms with Gasteiger partial charge >= 0.3 is 12.0 Å². The number of primary amides is 1. The zero-order chi connectivity index (χ0) is 110. The lowest BCUT2D eigenvalue weighted by molar-refractivity contribution is -0.231. The molecular weight excluding hydrogens is 1820 g/mol. The molecule has 2 amide bonds. The van der Waals surface area contributed by atoms with Gasteiger partial charge in [0.1, 0.15) is 159 Å². The highest BCUT2D eigenvalue weighted by Crippen LogP contribution is 2.29. The fraction of sp³-hybridized carbons (Fsp3) is 0.791. The maximum Gasteiger partial charge on any atom is 0.356 e. The topological polar surface area (TPSA) is 825 Å². The Morgan fingerprint density at radius 3 is 0.725 bits per heavy atom. The van der Waals surface area contributed by atoms with Crippen LogP contribution in [0.4, 0.5) is 4.79 Å². The highest BCUT2D eigenvalue weighted by molar-refractivity contribution is 5.96. The van der Waals surface area contributed by atoms with Crippen LogP contribution in [0.15, 0.2) is 119 Å². The molecule has 0 aromatic carbocycles. The molecule has 0 aromatic rings. The Balaban J connectivity index is 0.00000160. The first-order valence-corrected chi connectivity index (χ1v) is 47.7. The molecule has 142 heavy (non-hydrogen) atoms. The van der Waals surface area contributed by atoms with E-state index in [9.17, 15) is 9.59 Å². The van der Waals surface area contributed by atoms with Crippen LogP contribution in [0, 0.1) is 60.0 Å². The summed E-state index contributed by atoms with van der Waals surface area (Å²) in [5.74, 6) is 4.71. The molecule has 0 saturated carbocycles. The van der Waals surface area contributed by atoms with Crippen LogP contribution in [-0.2, 0) is 9.68 Å². The van der Waals surface area contributed by atoms with Crippen LogP contribution < -0.4 is 61.4 Å². The molecule has 0 bridgehead atoms. The van der Waals surface area contributed by atoms with E-state index in [2.05, 4.69) is 165 Å². The number of hydrogen-bond donors (Lipinski definition) is 22. The van der Waals surface area contributed by atoms with Gasteiger partial charge in [-0.2, -0.15) is 82.0 Å². The van der Waals surface area contributed by atoms with E-state index in [0.29, 0.717) is 23.3 Å². The van der Waals surface area contributed by atoms with E-state index in [1.165, 1.54) is 19.9 Å². The van der Waals surface area contributed by atoms with Crippen LogP contribution in [0.25, 0.3) is 0 Å². The number of rotatable bonds is 34. The fourth-order valence-electron chi connectivity index (χ4n) is 11.7. The highest BCUT2D eigenvalue weighted by Gasteiger charge is 2.40. The molecule has 8 rings (SSSR count). The molecule has 8 aliphatic heterocycles. The first-order valence-electron chi connectivity index (χ1n) is 47.7. The first-order chi connectivity index (χ1) is 64.9. The molecule has 29 N–H and O–H groups in total. The van der Waals surface area contributed by atoms with Crippen LogP contribution in [0.3, 0.4) is 0 Å². The number of carbonyl (C=O) groups is 2. The fourth-order valence-corrected chi connectivity index (χ4v) is 11.7. The van der Waals surface area contributed by atoms with Crippen molar-refractivity contribution in [3.8, 4) is 6.07 Å². The van der Waals surface area contributed by atoms with E-state index < -0.39 is 95.1 Å². The van der Waals surface area contributed by atoms with Gasteiger partial charge in [-0.25, -0.2) is 9.68 Å². The standard InChI is InChI=1S/2C16H30N6.2C12H22N6.C11H22N6O2.2C8H18N6.C5H8N4O.C3H6O2/c2*1-15(2,13(17)21-9-5-6-10-21)19-20-16(3,4)14(18)22-11-7-8-12-22;2*1-11(2,9-13-5-6-14-9)17-18-12(3,4)10-15-7-8-16-10;1-10(2,8(12)13)16-17-11(3,4)9(14)15-6-5-7(18)19;2*1-7(2,5(9)10)13-14-8(3,4)6(11)12;1-5(2,3-6)9-8-4(7)10;1-2-3-5-4/h2*17-18H,5-12H2,1-4H3;2*5-8H2,1-4H3,(H,13,14)(H,15,16);5-6H2,1-4H3,(H3,12,13)(H2,14,15)(H,18,19);2*1-4H3,(H3,9,10)(H3,11,12);1-2H3,(H2,7,10);2,4H,1,3H2. The van der Waals surface area contributed by atoms with Gasteiger partial charge in [0.2, 0.25) is 0 Å². The number of nitrogens with one attached hydrogen (secondary N) is 13. The van der Waals surface area contributed by atoms with Crippen LogP contribution >= 0.6 is 0 Å². The van der Waals surface area contributed by atoms with Crippen molar-refractivity contribution in [3.63, 3.8) is 0 Å². The molecule has 8 heterocycles. The third-order valence-corrected chi connectivity index (χ3v) is 22.3. The van der Waals surface area contributed by atoms with Gasteiger partial charge in [0.25, 0.3) is 0 Å². The molecule has 4 fully saturated rings. The monoisotopic (exact) mass is 1990 g/mol. The molecule has 0 aliphatic carbocycles. The number of carbonyl (C=O) groups excluding carboxylic acids is 1. The van der Waals surface area contributed by atoms with Gasteiger partial charge in [-0.3, -0.25) is 83.7 Å². The smallest absolute Gasteiger partial charge is 0.356 e. The number of carboxylic acids is 1. The van der Waals surface area contributed by atoms with Gasteiger partial charge in [-0.05, 0) is 259 Å². The molecule has 0 atom stereocenters. The van der Waals surface area contributed by atoms with Crippen molar-refractivity contribution in [2.24, 2.45) is 147 Å². The van der Waals surface area contributed by atoms with Crippen LogP contribution in [0.1, 0.15) is 265 Å². The predicted octanol–water partition coefficient (Wildman–Crippen LogP) is 12.3. The van der Waals surface area contributed by atoms with E-state index in [1.54, 1.807) is 83.1 Å². The van der Waals surface area contributed by atoms with Crippen molar-refractivity contribution >= 4 is 93.7 Å². The normalized spacial score (nSPS) is 17.0. The van der Waals surface area contributed by atoms with Crippen molar-refractivity contribution in [1.29, 1.82) is 53.9 Å². The number of nitrogens with zero attached hydrogens (tertiary/aromatic N) is 26. The zero-order valence-corrected chi connectivity index (χ0v) is 90.7. The second-order valence-corrected chi connectivity index (χ2v) is 42.3. The van der Waals surface area contributed by atoms with Gasteiger partial charge in [0.15, 0.2) is 5.54 Å². The van der Waals surface area contributed by atoms with Crippen molar-refractivity contribution in [2.75, 3.05) is 118 Å². The lowest BCUT2D eigenvalue weighted by Gasteiger charge is -2.31. The van der Waals surface area contributed by atoms with Crippen LogP contribution in [0.2, 0.25) is 0 Å². The number of urea groups is 1. The Bertz CT molecular complexity index is 4240. The molecule has 0 unspecified atom stereocenters. The molecule has 51 heteroatoms. The summed E-state index contributed by atoms with van der Waals surface area (Å²) in [4.78, 5) is 53.9. The lowest BCUT2D eigenvalue weighted by Crippen LogP contribution is -2.44. The van der Waals surface area contributed by atoms with Gasteiger partial charge < -0.3 is 86.1 Å². The SMILES string of the molecule is C=CCOO.CC(C)(C#N)N=NC(N)=O.CC(C)(N=NC(C)(C)C(=N)N)C(=N)N.CC(C)(N=NC(C)(C)C(=N)N)C(=N)N.CC(C)(N=NC(C)(C)C(=N)N1CCCC1)C(=N)N1CCCC1.CC(C)(N=NC(C)(C)C(=N)N1CCCC1)C(=N)N1CCCC1.CC(C)(N=NC(C)(C)C(N)=NCCC(=O)O)C(=N)N.CC(C)(N=NC(C)(C)C1=NCCN1)C1=NCCN1.CC(C)(N=NC(C)(C)C1=NCCN1)C1=NCCN1. The van der Waals surface area contributed by atoms with Gasteiger partial charge in [-0.1, -0.05) is 11.2 Å². The zero-order valence-electron chi connectivity index (χ0n) is 90.7. The quantitative estimate of drug-likeness (QED) is 0.00710. The second-order valence-electron chi connectivity index (χ2n) is 42.3. The molecule has 0 spiro atoms. The van der Waals surface area contributed by atoms with Gasteiger partial charge in [0.05, 0.1) is 51.8 Å². The summed E-state index contributed by atoms with van der Waals surface area (Å²) in [7, 11) is 0. The Labute approximate surface area is 841 Å². The minimum absolute atomic E-state index is 0.0689. The largest absolute Gasteiger partial charge is 0.481 e. The minimum Gasteiger partial charge on any atom is -0.481 e. The van der Waals surface area contributed by atoms with Gasteiger partial charge in [-0.15, -0.1) is 6.58 Å². The molecule has 800 valence electrons. The number of aliphatic imine (C=N–C) groups is 5. The van der Waals surface area contributed by atoms with Crippen LogP contribution in [0.5, 0.6) is 0 Å². The summed E-state index contributed by atoms with van der Waals surface area (Å²) >= 11 is 0. The van der Waals surface area contributed by atoms with Crippen molar-refractivity contribution in [2.45, 2.75) is 349 Å². The molecule has 0 radical (unpaired) electrons. The number of nitriles is 1. The second kappa shape index (κ2) is 56.3. The van der Waals surface area contributed by atoms with E-state index in [0.717, 1.165) is 179 Å². The number of azo groups is 8. The number of amidine groups is 14. The number of nitrogens with two attached hydrogens (primary N) is 7.